The van der Waals surface area contributed by atoms with Crippen molar-refractivity contribution in [2.75, 3.05) is 12.3 Å². The number of halogens is 1. The summed E-state index contributed by atoms with van der Waals surface area (Å²) in [6.45, 7) is -0.516. The molecular weight excluding hydrogens is 290 g/mol. The van der Waals surface area contributed by atoms with Crippen LogP contribution in [0.1, 0.15) is 6.23 Å². The highest BCUT2D eigenvalue weighted by molar-refractivity contribution is 6.30. The molecule has 1 aromatic heterocycles. The van der Waals surface area contributed by atoms with E-state index in [0.29, 0.717) is 0 Å². The summed E-state index contributed by atoms with van der Waals surface area (Å²) in [5, 5.41) is 25.0. The molecule has 0 aromatic carbocycles. The van der Waals surface area contributed by atoms with Gasteiger partial charge in [0.05, 0.1) is 12.8 Å². The Kier molecular flexibility index (Phi) is 3.94. The summed E-state index contributed by atoms with van der Waals surface area (Å²) >= 11 is 5.33. The second-order valence-corrected chi connectivity index (χ2v) is 4.40. The van der Waals surface area contributed by atoms with Crippen LogP contribution in [0.5, 0.6) is 0 Å². The Morgan fingerprint density at radius 1 is 1.65 bits per heavy atom. The molecule has 0 aliphatic carbocycles. The van der Waals surface area contributed by atoms with E-state index in [4.69, 9.17) is 32.9 Å². The van der Waals surface area contributed by atoms with Crippen molar-refractivity contribution in [3.05, 3.63) is 16.7 Å². The number of ether oxygens (including phenoxy) is 1. The van der Waals surface area contributed by atoms with Crippen LogP contribution in [0.3, 0.4) is 0 Å². The van der Waals surface area contributed by atoms with E-state index < -0.39 is 36.3 Å². The Labute approximate surface area is 118 Å². The van der Waals surface area contributed by atoms with E-state index in [1.54, 1.807) is 0 Å². The Hall–Kier alpha value is -1.70. The molecule has 0 spiro atoms. The molecule has 10 heteroatoms. The zero-order valence-corrected chi connectivity index (χ0v) is 10.9. The third-order valence-electron chi connectivity index (χ3n) is 2.95. The summed E-state index contributed by atoms with van der Waals surface area (Å²) < 4.78 is 6.12. The molecule has 4 atom stereocenters. The number of aliphatic hydroxyl groups excluding tert-OH is 2. The van der Waals surface area contributed by atoms with Gasteiger partial charge in [0.25, 0.3) is 0 Å². The smallest absolute Gasteiger partial charge is 0.368 e. The normalized spacial score (nSPS) is 32.7. The first-order valence-electron chi connectivity index (χ1n) is 5.51. The highest BCUT2D eigenvalue weighted by Gasteiger charge is 2.55. The van der Waals surface area contributed by atoms with Crippen LogP contribution in [0, 0.1) is 11.3 Å². The number of hydrogen-bond donors (Lipinski definition) is 4. The number of nitrogens with zero attached hydrogens (tertiary/aromatic N) is 3. The first-order chi connectivity index (χ1) is 9.43. The van der Waals surface area contributed by atoms with Gasteiger partial charge in [0, 0.05) is 5.38 Å². The van der Waals surface area contributed by atoms with E-state index >= 15 is 0 Å². The lowest BCUT2D eigenvalue weighted by Crippen LogP contribution is -2.55. The van der Waals surface area contributed by atoms with Gasteiger partial charge in [0.2, 0.25) is 0 Å². The fourth-order valence-electron chi connectivity index (χ4n) is 1.95. The van der Waals surface area contributed by atoms with Crippen molar-refractivity contribution in [3.63, 3.8) is 0 Å². The topological polar surface area (TPSA) is 150 Å². The molecule has 1 aliphatic heterocycles. The van der Waals surface area contributed by atoms with Gasteiger partial charge in [0.1, 0.15) is 18.0 Å². The minimum Gasteiger partial charge on any atom is -0.394 e. The molecular formula is C10H12ClN5O4. The maximum atomic E-state index is 11.8. The first-order valence-corrected chi connectivity index (χ1v) is 5.89. The summed E-state index contributed by atoms with van der Waals surface area (Å²) in [6.07, 6.45) is -2.54. The van der Waals surface area contributed by atoms with Crippen molar-refractivity contribution in [1.29, 1.82) is 0 Å². The van der Waals surface area contributed by atoms with Gasteiger partial charge >= 0.3 is 5.69 Å². The molecule has 1 aromatic rings. The van der Waals surface area contributed by atoms with Crippen LogP contribution >= 0.6 is 11.6 Å². The maximum absolute atomic E-state index is 11.8. The summed E-state index contributed by atoms with van der Waals surface area (Å²) in [6, 6.07) is 0. The zero-order chi connectivity index (χ0) is 14.9. The minimum atomic E-state index is -1.72. The van der Waals surface area contributed by atoms with E-state index in [-0.39, 0.29) is 5.82 Å². The molecule has 0 saturated carbocycles. The quantitative estimate of drug-likeness (QED) is 0.433. The second-order valence-electron chi connectivity index (χ2n) is 4.22. The minimum absolute atomic E-state index is 0.0745. The van der Waals surface area contributed by atoms with Gasteiger partial charge in [-0.3, -0.25) is 0 Å². The van der Waals surface area contributed by atoms with E-state index in [1.807, 2.05) is 5.38 Å². The van der Waals surface area contributed by atoms with E-state index in [1.165, 1.54) is 0 Å². The molecule has 0 amide bonds. The Balaban J connectivity index is 2.52. The largest absolute Gasteiger partial charge is 0.394 e. The fourth-order valence-corrected chi connectivity index (χ4v) is 2.11. The molecule has 0 bridgehead atoms. The number of hydrogen-bond acceptors (Lipinski definition) is 8. The van der Waals surface area contributed by atoms with Crippen molar-refractivity contribution in [2.45, 2.75) is 24.0 Å². The highest BCUT2D eigenvalue weighted by atomic mass is 35.5. The summed E-state index contributed by atoms with van der Waals surface area (Å²) in [7, 11) is 0. The lowest BCUT2D eigenvalue weighted by molar-refractivity contribution is -0.0528. The Bertz CT molecular complexity index is 626. The van der Waals surface area contributed by atoms with Crippen molar-refractivity contribution < 1.29 is 14.9 Å². The molecule has 20 heavy (non-hydrogen) atoms. The van der Waals surface area contributed by atoms with Gasteiger partial charge in [-0.2, -0.15) is 14.8 Å². The molecule has 0 radical (unpaired) electrons. The van der Waals surface area contributed by atoms with E-state index in [0.717, 1.165) is 10.9 Å². The number of rotatable bonds is 2. The third kappa shape index (κ3) is 2.24. The molecule has 1 fully saturated rings. The molecule has 2 rings (SSSR count). The number of nitrogen functional groups attached to an aromatic ring is 1. The maximum Gasteiger partial charge on any atom is 0.368 e. The number of aromatic nitrogens is 3. The van der Waals surface area contributed by atoms with Crippen molar-refractivity contribution >= 4 is 17.4 Å². The number of anilines is 1. The predicted octanol–water partition coefficient (Wildman–Crippen LogP) is -2.63. The highest BCUT2D eigenvalue weighted by Crippen LogP contribution is 2.35. The van der Waals surface area contributed by atoms with Crippen LogP contribution in [-0.2, 0) is 4.74 Å². The first kappa shape index (κ1) is 14.7. The molecule has 6 N–H and O–H groups in total. The van der Waals surface area contributed by atoms with Crippen LogP contribution in [-0.4, -0.2) is 49.3 Å². The lowest BCUT2D eigenvalue weighted by Gasteiger charge is -2.26. The number of aliphatic hydroxyl groups is 2. The van der Waals surface area contributed by atoms with Crippen molar-refractivity contribution in [1.82, 2.24) is 14.8 Å². The number of nitrogens with two attached hydrogens (primary N) is 2. The summed E-state index contributed by atoms with van der Waals surface area (Å²) in [5.41, 5.74) is 8.75. The van der Waals surface area contributed by atoms with Crippen LogP contribution in [0.15, 0.2) is 11.0 Å². The van der Waals surface area contributed by atoms with Gasteiger partial charge in [-0.25, -0.2) is 4.79 Å². The molecule has 2 unspecified atom stereocenters. The third-order valence-corrected chi connectivity index (χ3v) is 3.05. The molecule has 9 nitrogen and oxygen atoms in total. The van der Waals surface area contributed by atoms with Crippen LogP contribution in [0.4, 0.5) is 5.82 Å². The van der Waals surface area contributed by atoms with Crippen LogP contribution in [0.2, 0.25) is 0 Å². The molecule has 1 aliphatic rings. The average molecular weight is 302 g/mol. The van der Waals surface area contributed by atoms with Crippen molar-refractivity contribution in [3.8, 4) is 11.3 Å². The zero-order valence-electron chi connectivity index (χ0n) is 10.1. The average Bonchev–Trinajstić information content (AvgIpc) is 2.63. The standard InChI is InChI=1S/C10H12ClN5O4/c11-2-1-10(13)7(18)5(4-17)20-8(10)16-9(19)15-6(12)3-14-16/h3,5,7-8,17-18H,4,13H2,(H2,12,15,19)/t5-,7?,8-,10?/m1/s1. The van der Waals surface area contributed by atoms with E-state index in [2.05, 4.69) is 16.0 Å². The van der Waals surface area contributed by atoms with Gasteiger partial charge in [-0.05, 0) is 11.6 Å². The van der Waals surface area contributed by atoms with Gasteiger partial charge in [0.15, 0.2) is 11.8 Å². The lowest BCUT2D eigenvalue weighted by atomic mass is 9.92. The van der Waals surface area contributed by atoms with Gasteiger partial charge in [-0.15, -0.1) is 0 Å². The van der Waals surface area contributed by atoms with Gasteiger partial charge in [-0.1, -0.05) is 5.92 Å². The fraction of sp³-hybridized carbons (Fsp3) is 0.500. The monoisotopic (exact) mass is 301 g/mol. The predicted molar refractivity (Wildman–Crippen MR) is 68.3 cm³/mol. The molecule has 108 valence electrons. The van der Waals surface area contributed by atoms with Crippen LogP contribution < -0.4 is 17.2 Å². The van der Waals surface area contributed by atoms with E-state index in [9.17, 15) is 9.90 Å². The van der Waals surface area contributed by atoms with Crippen LogP contribution in [0.25, 0.3) is 0 Å². The Morgan fingerprint density at radius 2 is 2.35 bits per heavy atom. The second kappa shape index (κ2) is 5.35. The van der Waals surface area contributed by atoms with Gasteiger partial charge < -0.3 is 26.4 Å². The molecule has 1 saturated heterocycles. The summed E-state index contributed by atoms with van der Waals surface area (Å²) in [5.74, 6) is 2.30. The molecule has 2 heterocycles. The SMILES string of the molecule is Nc1cnn([C@@H]2O[C@H](CO)C(O)C2(N)C#CCl)c(=O)n1. The summed E-state index contributed by atoms with van der Waals surface area (Å²) in [4.78, 5) is 15.3. The Morgan fingerprint density at radius 3 is 2.90 bits per heavy atom. The van der Waals surface area contributed by atoms with Crippen molar-refractivity contribution in [2.24, 2.45) is 5.73 Å².